The molecule has 9 aromatic carbocycles. The van der Waals surface area contributed by atoms with Crippen LogP contribution in [0.15, 0.2) is 192 Å². The van der Waals surface area contributed by atoms with Crippen molar-refractivity contribution >= 4 is 54.3 Å². The van der Waals surface area contributed by atoms with Gasteiger partial charge < -0.3 is 4.42 Å². The number of rotatable bonds is 5. The molecule has 0 aliphatic carbocycles. The van der Waals surface area contributed by atoms with Gasteiger partial charge in [0, 0.05) is 27.5 Å². The molecule has 11 aromatic rings. The number of hydrogen-bond donors (Lipinski definition) is 0. The second-order valence-corrected chi connectivity index (χ2v) is 13.9. The zero-order chi connectivity index (χ0) is 36.3. The van der Waals surface area contributed by atoms with Crippen molar-refractivity contribution in [2.24, 2.45) is 0 Å². The number of para-hydroxylation sites is 1. The normalized spacial score (nSPS) is 11.6. The Morgan fingerprint density at radius 2 is 0.873 bits per heavy atom. The molecule has 0 atom stereocenters. The van der Waals surface area contributed by atoms with E-state index in [9.17, 15) is 0 Å². The molecule has 0 N–H and O–H groups in total. The molecule has 0 saturated heterocycles. The van der Waals surface area contributed by atoms with E-state index < -0.39 is 0 Å². The number of aromatic nitrogens is 3. The Kier molecular flexibility index (Phi) is 7.14. The molecular formula is C51H31N3O. The quantitative estimate of drug-likeness (QED) is 0.168. The minimum absolute atomic E-state index is 0.589. The van der Waals surface area contributed by atoms with Crippen molar-refractivity contribution in [3.63, 3.8) is 0 Å². The van der Waals surface area contributed by atoms with Gasteiger partial charge in [0.2, 0.25) is 0 Å². The number of hydrogen-bond acceptors (Lipinski definition) is 4. The summed E-state index contributed by atoms with van der Waals surface area (Å²) in [5.41, 5.74) is 8.78. The second kappa shape index (κ2) is 12.6. The van der Waals surface area contributed by atoms with Crippen molar-refractivity contribution in [3.05, 3.63) is 188 Å². The van der Waals surface area contributed by atoms with Gasteiger partial charge in [0.05, 0.1) is 0 Å². The Labute approximate surface area is 317 Å². The molecular weight excluding hydrogens is 671 g/mol. The molecule has 4 heteroatoms. The summed E-state index contributed by atoms with van der Waals surface area (Å²) < 4.78 is 6.32. The average molecular weight is 702 g/mol. The third-order valence-corrected chi connectivity index (χ3v) is 10.7. The first-order valence-corrected chi connectivity index (χ1v) is 18.5. The minimum atomic E-state index is 0.589. The zero-order valence-electron chi connectivity index (χ0n) is 29.6. The van der Waals surface area contributed by atoms with Crippen LogP contribution in [0.4, 0.5) is 0 Å². The van der Waals surface area contributed by atoms with Crippen molar-refractivity contribution in [1.82, 2.24) is 15.0 Å². The number of benzene rings is 9. The van der Waals surface area contributed by atoms with E-state index in [1.165, 1.54) is 32.3 Å². The smallest absolute Gasteiger partial charge is 0.164 e. The Hall–Kier alpha value is -7.43. The molecule has 0 aliphatic rings. The maximum Gasteiger partial charge on any atom is 0.164 e. The average Bonchev–Trinajstić information content (AvgIpc) is 3.65. The zero-order valence-corrected chi connectivity index (χ0v) is 29.6. The second-order valence-electron chi connectivity index (χ2n) is 13.9. The number of nitrogens with zero attached hydrogens (tertiary/aromatic N) is 3. The van der Waals surface area contributed by atoms with Crippen molar-refractivity contribution < 1.29 is 4.42 Å². The molecule has 0 aliphatic heterocycles. The summed E-state index contributed by atoms with van der Waals surface area (Å²) in [6.45, 7) is 0. The van der Waals surface area contributed by atoms with Gasteiger partial charge in [-0.2, -0.15) is 0 Å². The highest BCUT2D eigenvalue weighted by atomic mass is 16.3. The third-order valence-electron chi connectivity index (χ3n) is 10.7. The Morgan fingerprint density at radius 3 is 1.75 bits per heavy atom. The number of fused-ring (bicyclic) bond motifs is 8. The van der Waals surface area contributed by atoms with E-state index in [1.54, 1.807) is 0 Å². The predicted octanol–water partition coefficient (Wildman–Crippen LogP) is 13.6. The van der Waals surface area contributed by atoms with Crippen molar-refractivity contribution in [1.29, 1.82) is 0 Å². The van der Waals surface area contributed by atoms with E-state index in [0.29, 0.717) is 17.5 Å². The summed E-state index contributed by atoms with van der Waals surface area (Å²) in [6, 6.07) is 65.8. The molecule has 2 heterocycles. The highest BCUT2D eigenvalue weighted by molar-refractivity contribution is 6.21. The van der Waals surface area contributed by atoms with Gasteiger partial charge in [0.1, 0.15) is 11.2 Å². The molecule has 0 bridgehead atoms. The van der Waals surface area contributed by atoms with Crippen LogP contribution in [0.5, 0.6) is 0 Å². The van der Waals surface area contributed by atoms with Gasteiger partial charge in [-0.1, -0.05) is 164 Å². The molecule has 4 nitrogen and oxygen atoms in total. The molecule has 2 aromatic heterocycles. The fourth-order valence-electron chi connectivity index (χ4n) is 8.17. The Morgan fingerprint density at radius 1 is 0.291 bits per heavy atom. The summed E-state index contributed by atoms with van der Waals surface area (Å²) in [5, 5.41) is 9.30. The van der Waals surface area contributed by atoms with Crippen LogP contribution in [-0.2, 0) is 0 Å². The summed E-state index contributed by atoms with van der Waals surface area (Å²) in [7, 11) is 0. The third kappa shape index (κ3) is 5.19. The first-order chi connectivity index (χ1) is 27.3. The van der Waals surface area contributed by atoms with Crippen molar-refractivity contribution in [2.45, 2.75) is 0 Å². The molecule has 11 rings (SSSR count). The predicted molar refractivity (Wildman–Crippen MR) is 227 cm³/mol. The number of furan rings is 1. The maximum atomic E-state index is 6.32. The highest BCUT2D eigenvalue weighted by Crippen LogP contribution is 2.42. The lowest BCUT2D eigenvalue weighted by Crippen LogP contribution is -2.01. The van der Waals surface area contributed by atoms with Gasteiger partial charge in [0.15, 0.2) is 17.5 Å². The molecule has 0 amide bonds. The maximum absolute atomic E-state index is 6.32. The van der Waals surface area contributed by atoms with Crippen LogP contribution in [0.2, 0.25) is 0 Å². The first-order valence-electron chi connectivity index (χ1n) is 18.5. The van der Waals surface area contributed by atoms with E-state index >= 15 is 0 Å². The topological polar surface area (TPSA) is 51.8 Å². The van der Waals surface area contributed by atoms with Gasteiger partial charge in [0.25, 0.3) is 0 Å². The molecule has 55 heavy (non-hydrogen) atoms. The fraction of sp³-hybridized carbons (Fsp3) is 0. The van der Waals surface area contributed by atoms with E-state index in [0.717, 1.165) is 60.9 Å². The van der Waals surface area contributed by atoms with Crippen LogP contribution in [0.1, 0.15) is 0 Å². The molecule has 0 radical (unpaired) electrons. The summed E-state index contributed by atoms with van der Waals surface area (Å²) >= 11 is 0. The summed E-state index contributed by atoms with van der Waals surface area (Å²) in [5.74, 6) is 1.80. The lowest BCUT2D eigenvalue weighted by Gasteiger charge is -2.16. The Balaban J connectivity index is 1.19. The summed E-state index contributed by atoms with van der Waals surface area (Å²) in [6.07, 6.45) is 0. The van der Waals surface area contributed by atoms with Crippen molar-refractivity contribution in [3.8, 4) is 56.4 Å². The standard InChI is InChI=1S/C51H31N3O/c1-2-14-32(15-3-1)34-17-12-18-35(30-34)49-52-50(54-51(53-49)43-25-13-27-47-48(43)42-24-10-11-26-46(42)55-47)41-23-9-8-22-39(41)45-31-44-36-19-5-4-16-33(36)28-29-40(44)37-20-6-7-21-38(37)45/h1-31H. The SMILES string of the molecule is c1ccc(-c2cccc(-c3nc(-c4ccccc4-c4cc5c6ccccc6ccc5c5ccccc45)nc(-c4cccc5oc6ccccc6c45)n3)c2)cc1. The van der Waals surface area contributed by atoms with Gasteiger partial charge in [-0.05, 0) is 78.8 Å². The van der Waals surface area contributed by atoms with Crippen LogP contribution in [-0.4, -0.2) is 15.0 Å². The van der Waals surface area contributed by atoms with Crippen LogP contribution in [0.3, 0.4) is 0 Å². The van der Waals surface area contributed by atoms with Crippen molar-refractivity contribution in [2.75, 3.05) is 0 Å². The van der Waals surface area contributed by atoms with Gasteiger partial charge in [-0.25, -0.2) is 15.0 Å². The van der Waals surface area contributed by atoms with E-state index in [2.05, 4.69) is 152 Å². The molecule has 0 saturated carbocycles. The lowest BCUT2D eigenvalue weighted by molar-refractivity contribution is 0.669. The molecule has 0 unspecified atom stereocenters. The van der Waals surface area contributed by atoms with Gasteiger partial charge in [-0.3, -0.25) is 0 Å². The largest absolute Gasteiger partial charge is 0.456 e. The lowest BCUT2D eigenvalue weighted by atomic mass is 9.89. The van der Waals surface area contributed by atoms with Gasteiger partial charge in [-0.15, -0.1) is 0 Å². The van der Waals surface area contributed by atoms with E-state index in [-0.39, 0.29) is 0 Å². The minimum Gasteiger partial charge on any atom is -0.456 e. The van der Waals surface area contributed by atoms with Crippen LogP contribution >= 0.6 is 0 Å². The monoisotopic (exact) mass is 701 g/mol. The molecule has 256 valence electrons. The van der Waals surface area contributed by atoms with Crippen LogP contribution < -0.4 is 0 Å². The molecule has 0 spiro atoms. The highest BCUT2D eigenvalue weighted by Gasteiger charge is 2.21. The fourth-order valence-corrected chi connectivity index (χ4v) is 8.17. The van der Waals surface area contributed by atoms with Gasteiger partial charge >= 0.3 is 0 Å². The summed E-state index contributed by atoms with van der Waals surface area (Å²) in [4.78, 5) is 15.9. The van der Waals surface area contributed by atoms with E-state index in [1.807, 2.05) is 36.4 Å². The van der Waals surface area contributed by atoms with Crippen LogP contribution in [0, 0.1) is 0 Å². The van der Waals surface area contributed by atoms with Crippen LogP contribution in [0.25, 0.3) is 111 Å². The first kappa shape index (κ1) is 31.1. The Bertz CT molecular complexity index is 3270. The molecule has 0 fully saturated rings. The van der Waals surface area contributed by atoms with E-state index in [4.69, 9.17) is 19.4 Å².